The van der Waals surface area contributed by atoms with Gasteiger partial charge in [0.25, 0.3) is 0 Å². The van der Waals surface area contributed by atoms with Crippen molar-refractivity contribution in [2.45, 2.75) is 37.9 Å². The van der Waals surface area contributed by atoms with Gasteiger partial charge in [0, 0.05) is 7.11 Å². The summed E-state index contributed by atoms with van der Waals surface area (Å²) in [7, 11) is 1.76. The van der Waals surface area contributed by atoms with E-state index in [0.717, 1.165) is 25.7 Å². The predicted octanol–water partition coefficient (Wildman–Crippen LogP) is 2.91. The van der Waals surface area contributed by atoms with E-state index in [0.29, 0.717) is 30.6 Å². The molecule has 0 amide bonds. The van der Waals surface area contributed by atoms with Crippen molar-refractivity contribution in [1.82, 2.24) is 0 Å². The van der Waals surface area contributed by atoms with Crippen LogP contribution in [0.25, 0.3) is 0 Å². The fourth-order valence-electron chi connectivity index (χ4n) is 2.52. The highest BCUT2D eigenvalue weighted by Crippen LogP contribution is 2.23. The van der Waals surface area contributed by atoms with E-state index < -0.39 is 0 Å². The summed E-state index contributed by atoms with van der Waals surface area (Å²) in [6.45, 7) is 1.01. The third kappa shape index (κ3) is 4.22. The molecule has 1 aliphatic rings. The lowest BCUT2D eigenvalue weighted by Crippen LogP contribution is -2.28. The molecule has 2 atom stereocenters. The van der Waals surface area contributed by atoms with Gasteiger partial charge < -0.3 is 14.2 Å². The molecule has 2 unspecified atom stereocenters. The molecule has 1 aromatic carbocycles. The number of hydrogen-bond donors (Lipinski definition) is 0. The zero-order valence-corrected chi connectivity index (χ0v) is 11.9. The first kappa shape index (κ1) is 14.8. The van der Waals surface area contributed by atoms with E-state index in [-0.39, 0.29) is 6.10 Å². The molecule has 0 radical (unpaired) electrons. The van der Waals surface area contributed by atoms with Crippen LogP contribution in [0, 0.1) is 11.3 Å². The third-order valence-electron chi connectivity index (χ3n) is 3.61. The van der Waals surface area contributed by atoms with E-state index in [4.69, 9.17) is 19.5 Å². The molecule has 4 nitrogen and oxygen atoms in total. The lowest BCUT2D eigenvalue weighted by atomic mass is 9.95. The van der Waals surface area contributed by atoms with Crippen molar-refractivity contribution in [3.8, 4) is 11.8 Å². The molecule has 1 aromatic rings. The maximum absolute atomic E-state index is 8.96. The zero-order chi connectivity index (χ0) is 14.2. The first-order valence-corrected chi connectivity index (χ1v) is 7.10. The molecule has 0 bridgehead atoms. The average molecular weight is 275 g/mol. The maximum atomic E-state index is 8.96. The van der Waals surface area contributed by atoms with Gasteiger partial charge in [0.2, 0.25) is 0 Å². The lowest BCUT2D eigenvalue weighted by molar-refractivity contribution is -0.0362. The second-order valence-electron chi connectivity index (χ2n) is 4.97. The zero-order valence-electron chi connectivity index (χ0n) is 11.9. The summed E-state index contributed by atoms with van der Waals surface area (Å²) in [4.78, 5) is 0. The molecule has 108 valence electrons. The first-order valence-electron chi connectivity index (χ1n) is 7.10. The summed E-state index contributed by atoms with van der Waals surface area (Å²) in [6.07, 6.45) is 4.93. The molecule has 0 heterocycles. The molecule has 0 N–H and O–H groups in total. The van der Waals surface area contributed by atoms with Gasteiger partial charge in [0.15, 0.2) is 0 Å². The summed E-state index contributed by atoms with van der Waals surface area (Å²) in [5.41, 5.74) is 0.560. The summed E-state index contributed by atoms with van der Waals surface area (Å²) in [6, 6.07) is 9.36. The van der Waals surface area contributed by atoms with E-state index in [1.54, 1.807) is 19.2 Å². The van der Waals surface area contributed by atoms with Crippen LogP contribution in [0.3, 0.4) is 0 Å². The minimum Gasteiger partial charge on any atom is -0.490 e. The fourth-order valence-corrected chi connectivity index (χ4v) is 2.52. The second-order valence-corrected chi connectivity index (χ2v) is 4.97. The maximum Gasteiger partial charge on any atom is 0.137 e. The molecular weight excluding hydrogens is 254 g/mol. The summed E-state index contributed by atoms with van der Waals surface area (Å²) >= 11 is 0. The van der Waals surface area contributed by atoms with Crippen molar-refractivity contribution in [1.29, 1.82) is 5.26 Å². The smallest absolute Gasteiger partial charge is 0.137 e. The highest BCUT2D eigenvalue weighted by atomic mass is 16.5. The Hall–Kier alpha value is -1.57. The largest absolute Gasteiger partial charge is 0.490 e. The van der Waals surface area contributed by atoms with E-state index in [1.165, 1.54) is 0 Å². The topological polar surface area (TPSA) is 51.5 Å². The van der Waals surface area contributed by atoms with Crippen molar-refractivity contribution in [2.24, 2.45) is 0 Å². The van der Waals surface area contributed by atoms with Crippen molar-refractivity contribution in [3.05, 3.63) is 29.8 Å². The molecular formula is C16H21NO3. The van der Waals surface area contributed by atoms with Crippen LogP contribution in [0.15, 0.2) is 24.3 Å². The molecule has 0 spiro atoms. The minimum atomic E-state index is 0.267. The average Bonchev–Trinajstić information content (AvgIpc) is 2.52. The molecule has 1 aliphatic carbocycles. The summed E-state index contributed by atoms with van der Waals surface area (Å²) < 4.78 is 16.8. The van der Waals surface area contributed by atoms with Gasteiger partial charge in [-0.25, -0.2) is 0 Å². The van der Waals surface area contributed by atoms with E-state index in [9.17, 15) is 0 Å². The van der Waals surface area contributed by atoms with Gasteiger partial charge in [-0.05, 0) is 37.8 Å². The molecule has 0 saturated heterocycles. The van der Waals surface area contributed by atoms with Crippen LogP contribution in [0.2, 0.25) is 0 Å². The highest BCUT2D eigenvalue weighted by Gasteiger charge is 2.21. The van der Waals surface area contributed by atoms with Gasteiger partial charge in [0.1, 0.15) is 18.4 Å². The Morgan fingerprint density at radius 1 is 1.20 bits per heavy atom. The van der Waals surface area contributed by atoms with Crippen LogP contribution < -0.4 is 4.74 Å². The minimum absolute atomic E-state index is 0.267. The molecule has 20 heavy (non-hydrogen) atoms. The van der Waals surface area contributed by atoms with Crippen molar-refractivity contribution < 1.29 is 14.2 Å². The Morgan fingerprint density at radius 2 is 2.00 bits per heavy atom. The van der Waals surface area contributed by atoms with E-state index in [2.05, 4.69) is 6.07 Å². The number of hydrogen-bond acceptors (Lipinski definition) is 4. The third-order valence-corrected chi connectivity index (χ3v) is 3.61. The van der Waals surface area contributed by atoms with Crippen molar-refractivity contribution >= 4 is 0 Å². The van der Waals surface area contributed by atoms with Gasteiger partial charge in [-0.3, -0.25) is 0 Å². The summed E-state index contributed by atoms with van der Waals surface area (Å²) in [5, 5.41) is 8.96. The van der Waals surface area contributed by atoms with Crippen LogP contribution in [-0.4, -0.2) is 32.5 Å². The standard InChI is InChI=1S/C16H21NO3/c1-18-14-6-4-7-15(11-14)19-9-10-20-16-8-3-2-5-13(16)12-17/h2-3,5,8,14-15H,4,6-7,9-11H2,1H3. The van der Waals surface area contributed by atoms with Crippen LogP contribution in [0.1, 0.15) is 31.2 Å². The van der Waals surface area contributed by atoms with Gasteiger partial charge in [-0.2, -0.15) is 5.26 Å². The monoisotopic (exact) mass is 275 g/mol. The Morgan fingerprint density at radius 3 is 2.80 bits per heavy atom. The lowest BCUT2D eigenvalue weighted by Gasteiger charge is -2.28. The number of nitrogens with zero attached hydrogens (tertiary/aromatic N) is 1. The number of benzene rings is 1. The Labute approximate surface area is 120 Å². The highest BCUT2D eigenvalue weighted by molar-refractivity contribution is 5.42. The van der Waals surface area contributed by atoms with Crippen molar-refractivity contribution in [3.63, 3.8) is 0 Å². The van der Waals surface area contributed by atoms with Crippen molar-refractivity contribution in [2.75, 3.05) is 20.3 Å². The number of nitriles is 1. The molecule has 1 saturated carbocycles. The van der Waals surface area contributed by atoms with Crippen LogP contribution in [-0.2, 0) is 9.47 Å². The van der Waals surface area contributed by atoms with E-state index in [1.807, 2.05) is 12.1 Å². The number of rotatable bonds is 6. The van der Waals surface area contributed by atoms with Crippen LogP contribution in [0.5, 0.6) is 5.75 Å². The fraction of sp³-hybridized carbons (Fsp3) is 0.562. The van der Waals surface area contributed by atoms with Gasteiger partial charge >= 0.3 is 0 Å². The molecule has 0 aliphatic heterocycles. The molecule has 1 fully saturated rings. The second kappa shape index (κ2) is 7.88. The quantitative estimate of drug-likeness (QED) is 0.749. The van der Waals surface area contributed by atoms with Gasteiger partial charge in [0.05, 0.1) is 24.4 Å². The molecule has 0 aromatic heterocycles. The predicted molar refractivity (Wildman–Crippen MR) is 75.7 cm³/mol. The normalized spacial score (nSPS) is 22.2. The molecule has 4 heteroatoms. The SMILES string of the molecule is COC1CCCC(OCCOc2ccccc2C#N)C1. The Bertz CT molecular complexity index is 455. The number of para-hydroxylation sites is 1. The van der Waals surface area contributed by atoms with E-state index >= 15 is 0 Å². The van der Waals surface area contributed by atoms with Crippen LogP contribution >= 0.6 is 0 Å². The summed E-state index contributed by atoms with van der Waals surface area (Å²) in [5.74, 6) is 0.622. The first-order chi connectivity index (χ1) is 9.83. The van der Waals surface area contributed by atoms with Gasteiger partial charge in [-0.1, -0.05) is 12.1 Å². The molecule has 2 rings (SSSR count). The van der Waals surface area contributed by atoms with Crippen LogP contribution in [0.4, 0.5) is 0 Å². The van der Waals surface area contributed by atoms with Gasteiger partial charge in [-0.15, -0.1) is 0 Å². The Kier molecular flexibility index (Phi) is 5.85. The number of ether oxygens (including phenoxy) is 3. The number of methoxy groups -OCH3 is 1. The Balaban J connectivity index is 1.70.